The number of carbonyl (C=O) groups is 1. The van der Waals surface area contributed by atoms with E-state index < -0.39 is 5.97 Å². The monoisotopic (exact) mass is 154 g/mol. The number of hydrogen-bond donors (Lipinski definition) is 1. The molecule has 0 radical (unpaired) electrons. The van der Waals surface area contributed by atoms with Gasteiger partial charge in [0.2, 0.25) is 0 Å². The van der Waals surface area contributed by atoms with E-state index in [1.807, 2.05) is 0 Å². The van der Waals surface area contributed by atoms with Crippen LogP contribution in [0.3, 0.4) is 0 Å². The molecule has 60 valence electrons. The fourth-order valence-electron chi connectivity index (χ4n) is 0.510. The Hall–Kier alpha value is -1.50. The van der Waals surface area contributed by atoms with Crippen molar-refractivity contribution in [1.29, 1.82) is 5.26 Å². The number of methoxy groups -OCH3 is 1. The Labute approximate surface area is 65.5 Å². The number of nitriles is 1. The standard InChI is InChI=1S/C7H10N2O2/c1-5(9-2)6(4-8)7(10)11-3/h9H,1-3H3/b6-5-. The summed E-state index contributed by atoms with van der Waals surface area (Å²) >= 11 is 0. The molecule has 0 aromatic rings. The summed E-state index contributed by atoms with van der Waals surface area (Å²) in [6.07, 6.45) is 0. The molecule has 0 saturated heterocycles. The third kappa shape index (κ3) is 2.30. The quantitative estimate of drug-likeness (QED) is 0.350. The van der Waals surface area contributed by atoms with Crippen LogP contribution in [-0.2, 0) is 9.53 Å². The lowest BCUT2D eigenvalue weighted by Crippen LogP contribution is -2.12. The lowest BCUT2D eigenvalue weighted by atomic mass is 10.2. The molecule has 0 amide bonds. The van der Waals surface area contributed by atoms with Gasteiger partial charge in [-0.05, 0) is 6.92 Å². The maximum Gasteiger partial charge on any atom is 0.350 e. The van der Waals surface area contributed by atoms with Crippen LogP contribution in [0.15, 0.2) is 11.3 Å². The van der Waals surface area contributed by atoms with E-state index in [2.05, 4.69) is 10.1 Å². The lowest BCUT2D eigenvalue weighted by molar-refractivity contribution is -0.135. The smallest absolute Gasteiger partial charge is 0.350 e. The number of esters is 1. The van der Waals surface area contributed by atoms with Crippen LogP contribution >= 0.6 is 0 Å². The number of rotatable bonds is 2. The number of allylic oxidation sites excluding steroid dienone is 1. The Bertz CT molecular complexity index is 225. The van der Waals surface area contributed by atoms with Crippen molar-refractivity contribution in [3.63, 3.8) is 0 Å². The Morgan fingerprint density at radius 2 is 2.18 bits per heavy atom. The second kappa shape index (κ2) is 4.34. The minimum atomic E-state index is -0.612. The molecule has 1 N–H and O–H groups in total. The van der Waals surface area contributed by atoms with Crippen LogP contribution in [0.5, 0.6) is 0 Å². The van der Waals surface area contributed by atoms with E-state index in [1.54, 1.807) is 20.0 Å². The Morgan fingerprint density at radius 3 is 2.45 bits per heavy atom. The van der Waals surface area contributed by atoms with Crippen LogP contribution in [0.4, 0.5) is 0 Å². The second-order valence-electron chi connectivity index (χ2n) is 1.85. The van der Waals surface area contributed by atoms with Gasteiger partial charge < -0.3 is 10.1 Å². The average Bonchev–Trinajstić information content (AvgIpc) is 2.05. The summed E-state index contributed by atoms with van der Waals surface area (Å²) in [5.41, 5.74) is 0.523. The van der Waals surface area contributed by atoms with Gasteiger partial charge in [-0.3, -0.25) is 0 Å². The maximum absolute atomic E-state index is 10.8. The average molecular weight is 154 g/mol. The molecule has 0 saturated carbocycles. The molecule has 11 heavy (non-hydrogen) atoms. The highest BCUT2D eigenvalue weighted by Gasteiger charge is 2.11. The van der Waals surface area contributed by atoms with Crippen molar-refractivity contribution >= 4 is 5.97 Å². The number of carbonyl (C=O) groups excluding carboxylic acids is 1. The predicted molar refractivity (Wildman–Crippen MR) is 39.4 cm³/mol. The van der Waals surface area contributed by atoms with Gasteiger partial charge in [-0.15, -0.1) is 0 Å². The second-order valence-corrected chi connectivity index (χ2v) is 1.85. The van der Waals surface area contributed by atoms with Gasteiger partial charge in [-0.1, -0.05) is 0 Å². The van der Waals surface area contributed by atoms with Gasteiger partial charge in [-0.2, -0.15) is 5.26 Å². The summed E-state index contributed by atoms with van der Waals surface area (Å²) in [6, 6.07) is 1.75. The zero-order valence-electron chi connectivity index (χ0n) is 6.76. The molecule has 0 aromatic heterocycles. The zero-order valence-corrected chi connectivity index (χ0v) is 6.76. The molecule has 0 fully saturated rings. The third-order valence-corrected chi connectivity index (χ3v) is 1.25. The van der Waals surface area contributed by atoms with Crippen molar-refractivity contribution in [3.8, 4) is 6.07 Å². The molecule has 0 heterocycles. The SMILES string of the molecule is CN/C(C)=C(/C#N)C(=O)OC. The topological polar surface area (TPSA) is 62.1 Å². The van der Waals surface area contributed by atoms with Crippen molar-refractivity contribution in [2.75, 3.05) is 14.2 Å². The summed E-state index contributed by atoms with van der Waals surface area (Å²) in [7, 11) is 2.87. The Morgan fingerprint density at radius 1 is 1.64 bits per heavy atom. The van der Waals surface area contributed by atoms with E-state index in [0.717, 1.165) is 0 Å². The lowest BCUT2D eigenvalue weighted by Gasteiger charge is -2.01. The summed E-state index contributed by atoms with van der Waals surface area (Å²) in [4.78, 5) is 10.8. The maximum atomic E-state index is 10.8. The molecule has 0 rings (SSSR count). The highest BCUT2D eigenvalue weighted by molar-refractivity contribution is 5.93. The van der Waals surface area contributed by atoms with E-state index >= 15 is 0 Å². The molecule has 0 spiro atoms. The van der Waals surface area contributed by atoms with Crippen LogP contribution in [0.25, 0.3) is 0 Å². The molecule has 0 unspecified atom stereocenters. The molecule has 4 nitrogen and oxygen atoms in total. The van der Waals surface area contributed by atoms with Crippen molar-refractivity contribution in [1.82, 2.24) is 5.32 Å². The first kappa shape index (κ1) is 9.50. The normalized spacial score (nSPS) is 11.1. The van der Waals surface area contributed by atoms with Crippen molar-refractivity contribution < 1.29 is 9.53 Å². The molecule has 0 aliphatic carbocycles. The summed E-state index contributed by atoms with van der Waals surface area (Å²) in [5, 5.41) is 11.2. The summed E-state index contributed by atoms with van der Waals surface area (Å²) in [5.74, 6) is -0.612. The zero-order chi connectivity index (χ0) is 8.85. The van der Waals surface area contributed by atoms with Gasteiger partial charge in [-0.25, -0.2) is 4.79 Å². The minimum absolute atomic E-state index is 0.00926. The summed E-state index contributed by atoms with van der Waals surface area (Å²) < 4.78 is 4.37. The third-order valence-electron chi connectivity index (χ3n) is 1.25. The molecule has 0 bridgehead atoms. The number of hydrogen-bond acceptors (Lipinski definition) is 4. The van der Waals surface area contributed by atoms with E-state index in [9.17, 15) is 4.79 Å². The first-order valence-corrected chi connectivity index (χ1v) is 3.04. The van der Waals surface area contributed by atoms with Gasteiger partial charge in [0.1, 0.15) is 6.07 Å². The predicted octanol–water partition coefficient (Wildman–Crippen LogP) is 0.176. The number of nitrogens with one attached hydrogen (secondary N) is 1. The highest BCUT2D eigenvalue weighted by atomic mass is 16.5. The molecule has 0 aliphatic rings. The van der Waals surface area contributed by atoms with Gasteiger partial charge in [0.15, 0.2) is 5.57 Å². The molecule has 0 aliphatic heterocycles. The minimum Gasteiger partial charge on any atom is -0.465 e. The van der Waals surface area contributed by atoms with Gasteiger partial charge >= 0.3 is 5.97 Å². The molecular formula is C7H10N2O2. The van der Waals surface area contributed by atoms with Crippen LogP contribution in [0.1, 0.15) is 6.92 Å². The molecule has 0 aromatic carbocycles. The first-order valence-electron chi connectivity index (χ1n) is 3.04. The van der Waals surface area contributed by atoms with Crippen molar-refractivity contribution in [3.05, 3.63) is 11.3 Å². The summed E-state index contributed by atoms with van der Waals surface area (Å²) in [6.45, 7) is 1.63. The van der Waals surface area contributed by atoms with Crippen LogP contribution in [0.2, 0.25) is 0 Å². The van der Waals surface area contributed by atoms with E-state index in [-0.39, 0.29) is 5.57 Å². The molecular weight excluding hydrogens is 144 g/mol. The fourth-order valence-corrected chi connectivity index (χ4v) is 0.510. The largest absolute Gasteiger partial charge is 0.465 e. The van der Waals surface area contributed by atoms with Crippen LogP contribution < -0.4 is 5.32 Å². The fraction of sp³-hybridized carbons (Fsp3) is 0.429. The van der Waals surface area contributed by atoms with Crippen LogP contribution in [-0.4, -0.2) is 20.1 Å². The van der Waals surface area contributed by atoms with Gasteiger partial charge in [0.25, 0.3) is 0 Å². The van der Waals surface area contributed by atoms with E-state index in [1.165, 1.54) is 7.11 Å². The van der Waals surface area contributed by atoms with Gasteiger partial charge in [0.05, 0.1) is 7.11 Å². The first-order chi connectivity index (χ1) is 5.17. The van der Waals surface area contributed by atoms with Crippen molar-refractivity contribution in [2.45, 2.75) is 6.92 Å². The Balaban J connectivity index is 4.69. The van der Waals surface area contributed by atoms with Crippen molar-refractivity contribution in [2.24, 2.45) is 0 Å². The highest BCUT2D eigenvalue weighted by Crippen LogP contribution is 2.00. The van der Waals surface area contributed by atoms with Crippen LogP contribution in [0, 0.1) is 11.3 Å². The van der Waals surface area contributed by atoms with E-state index in [4.69, 9.17) is 5.26 Å². The number of ether oxygens (including phenoxy) is 1. The number of nitrogens with zero attached hydrogens (tertiary/aromatic N) is 1. The van der Waals surface area contributed by atoms with E-state index in [0.29, 0.717) is 5.70 Å². The molecule has 0 atom stereocenters. The van der Waals surface area contributed by atoms with Gasteiger partial charge in [0, 0.05) is 12.7 Å². The molecule has 4 heteroatoms. The Kier molecular flexibility index (Phi) is 3.75.